The minimum absolute atomic E-state index is 0.0112. The number of rotatable bonds is 7. The van der Waals surface area contributed by atoms with Gasteiger partial charge in [-0.05, 0) is 24.3 Å². The van der Waals surface area contributed by atoms with E-state index in [4.69, 9.17) is 0 Å². The second-order valence-electron chi connectivity index (χ2n) is 14.3. The number of carbonyl (C=O) groups is 3. The molecule has 9 nitrogen and oxygen atoms in total. The Labute approximate surface area is 267 Å². The van der Waals surface area contributed by atoms with E-state index in [2.05, 4.69) is 0 Å². The zero-order valence-electron chi connectivity index (χ0n) is 27.5. The lowest BCUT2D eigenvalue weighted by molar-refractivity contribution is -0.157. The van der Waals surface area contributed by atoms with Crippen LogP contribution in [0.2, 0.25) is 0 Å². The Hall–Kier alpha value is -3.46. The van der Waals surface area contributed by atoms with E-state index in [0.717, 1.165) is 12.0 Å². The van der Waals surface area contributed by atoms with Crippen molar-refractivity contribution in [3.63, 3.8) is 0 Å². The lowest BCUT2D eigenvalue weighted by Gasteiger charge is -2.51. The SMILES string of the molecule is CC(=O)N1CCN(C(=O)c2cn(CC3(O)CCN(C(=O)C(C)CC4CCCCC4)CC3(C)C)c(=O)cc2-c2ccccc2)CC1. The number of pyridine rings is 1. The van der Waals surface area contributed by atoms with Gasteiger partial charge in [-0.3, -0.25) is 19.2 Å². The van der Waals surface area contributed by atoms with E-state index in [1.807, 2.05) is 56.0 Å². The van der Waals surface area contributed by atoms with E-state index < -0.39 is 11.0 Å². The highest BCUT2D eigenvalue weighted by Crippen LogP contribution is 2.41. The van der Waals surface area contributed by atoms with Gasteiger partial charge in [0.15, 0.2) is 0 Å². The van der Waals surface area contributed by atoms with Crippen LogP contribution in [0.15, 0.2) is 47.4 Å². The molecule has 1 aliphatic carbocycles. The summed E-state index contributed by atoms with van der Waals surface area (Å²) in [6, 6.07) is 10.9. The van der Waals surface area contributed by atoms with Crippen molar-refractivity contribution < 1.29 is 19.5 Å². The fourth-order valence-corrected chi connectivity index (χ4v) is 7.58. The van der Waals surface area contributed by atoms with Crippen molar-refractivity contribution in [2.24, 2.45) is 17.3 Å². The summed E-state index contributed by atoms with van der Waals surface area (Å²) in [5, 5.41) is 12.1. The maximum Gasteiger partial charge on any atom is 0.256 e. The molecule has 0 spiro atoms. The molecule has 2 unspecified atom stereocenters. The van der Waals surface area contributed by atoms with Gasteiger partial charge in [0.25, 0.3) is 11.5 Å². The molecule has 0 radical (unpaired) electrons. The fraction of sp³-hybridized carbons (Fsp3) is 0.611. The first-order valence-corrected chi connectivity index (χ1v) is 16.7. The molecule has 9 heteroatoms. The third-order valence-electron chi connectivity index (χ3n) is 10.7. The number of hydrogen-bond donors (Lipinski definition) is 1. The van der Waals surface area contributed by atoms with Crippen molar-refractivity contribution in [2.75, 3.05) is 39.3 Å². The van der Waals surface area contributed by atoms with Crippen LogP contribution >= 0.6 is 0 Å². The Balaban J connectivity index is 1.36. The van der Waals surface area contributed by atoms with Gasteiger partial charge in [0.05, 0.1) is 17.7 Å². The predicted molar refractivity (Wildman–Crippen MR) is 175 cm³/mol. The van der Waals surface area contributed by atoms with Crippen molar-refractivity contribution in [1.82, 2.24) is 19.3 Å². The van der Waals surface area contributed by atoms with Crippen molar-refractivity contribution >= 4 is 17.7 Å². The average molecular weight is 619 g/mol. The minimum Gasteiger partial charge on any atom is -0.387 e. The summed E-state index contributed by atoms with van der Waals surface area (Å²) in [5.74, 6) is 0.507. The first-order chi connectivity index (χ1) is 21.4. The van der Waals surface area contributed by atoms with Crippen molar-refractivity contribution in [3.05, 3.63) is 58.5 Å². The number of nitrogens with zero attached hydrogens (tertiary/aromatic N) is 4. The number of carbonyl (C=O) groups excluding carboxylic acids is 3. The molecule has 2 aliphatic heterocycles. The number of amides is 3. The van der Waals surface area contributed by atoms with Crippen LogP contribution in [0.1, 0.15) is 83.0 Å². The van der Waals surface area contributed by atoms with E-state index in [1.54, 1.807) is 16.0 Å². The number of benzene rings is 1. The molecule has 0 bridgehead atoms. The van der Waals surface area contributed by atoms with E-state index in [9.17, 15) is 24.3 Å². The van der Waals surface area contributed by atoms with E-state index in [-0.39, 0.29) is 35.7 Å². The highest BCUT2D eigenvalue weighted by Gasteiger charge is 2.49. The van der Waals surface area contributed by atoms with Crippen LogP contribution in [-0.2, 0) is 16.1 Å². The molecule has 3 fully saturated rings. The minimum atomic E-state index is -1.26. The molecule has 1 N–H and O–H groups in total. The summed E-state index contributed by atoms with van der Waals surface area (Å²) in [6.07, 6.45) is 9.08. The van der Waals surface area contributed by atoms with Gasteiger partial charge in [-0.2, -0.15) is 0 Å². The molecule has 3 heterocycles. The highest BCUT2D eigenvalue weighted by molar-refractivity contribution is 6.00. The number of aliphatic hydroxyl groups is 1. The van der Waals surface area contributed by atoms with Gasteiger partial charge in [0, 0.05) is 75.4 Å². The Kier molecular flexibility index (Phi) is 9.87. The summed E-state index contributed by atoms with van der Waals surface area (Å²) in [4.78, 5) is 58.3. The molecule has 2 aromatic rings. The molecule has 2 saturated heterocycles. The normalized spacial score (nSPS) is 23.1. The second-order valence-corrected chi connectivity index (χ2v) is 14.3. The molecule has 45 heavy (non-hydrogen) atoms. The fourth-order valence-electron chi connectivity index (χ4n) is 7.58. The number of piperidine rings is 1. The molecule has 2 atom stereocenters. The molecule has 244 valence electrons. The maximum atomic E-state index is 14.0. The first kappa shape index (κ1) is 32.9. The summed E-state index contributed by atoms with van der Waals surface area (Å²) < 4.78 is 1.47. The van der Waals surface area contributed by atoms with Crippen LogP contribution in [0.4, 0.5) is 0 Å². The van der Waals surface area contributed by atoms with E-state index in [0.29, 0.717) is 62.7 Å². The van der Waals surface area contributed by atoms with Gasteiger partial charge in [-0.25, -0.2) is 0 Å². The second kappa shape index (κ2) is 13.5. The first-order valence-electron chi connectivity index (χ1n) is 16.7. The maximum absolute atomic E-state index is 14.0. The smallest absolute Gasteiger partial charge is 0.256 e. The number of hydrogen-bond acceptors (Lipinski definition) is 5. The molecular weight excluding hydrogens is 568 g/mol. The zero-order chi connectivity index (χ0) is 32.4. The third kappa shape index (κ3) is 7.19. The summed E-state index contributed by atoms with van der Waals surface area (Å²) in [6.45, 7) is 10.1. The standard InChI is InChI=1S/C36H50N4O5/c1-26(21-28-11-7-5-8-12-28)33(43)39-16-15-36(45,35(3,4)24-39)25-40-23-31(30(22-32(40)42)29-13-9-6-10-14-29)34(44)38-19-17-37(18-20-38)27(2)41/h6,9-10,13-14,22-23,26,28,45H,5,7-8,11-12,15-21,24-25H2,1-4H3. The van der Waals surface area contributed by atoms with Crippen LogP contribution in [0, 0.1) is 17.3 Å². The Bertz CT molecular complexity index is 1440. The molecule has 1 aromatic heterocycles. The van der Waals surface area contributed by atoms with Crippen molar-refractivity contribution in [3.8, 4) is 11.1 Å². The van der Waals surface area contributed by atoms with Crippen LogP contribution in [0.5, 0.6) is 0 Å². The summed E-state index contributed by atoms with van der Waals surface area (Å²) >= 11 is 0. The molecule has 5 rings (SSSR count). The highest BCUT2D eigenvalue weighted by atomic mass is 16.3. The molecular formula is C36H50N4O5. The molecule has 1 saturated carbocycles. The average Bonchev–Trinajstić information content (AvgIpc) is 3.03. The van der Waals surface area contributed by atoms with Gasteiger partial charge < -0.3 is 24.4 Å². The van der Waals surface area contributed by atoms with Gasteiger partial charge in [-0.15, -0.1) is 0 Å². The van der Waals surface area contributed by atoms with Crippen molar-refractivity contribution in [2.45, 2.75) is 84.8 Å². The van der Waals surface area contributed by atoms with Crippen molar-refractivity contribution in [1.29, 1.82) is 0 Å². The predicted octanol–water partition coefficient (Wildman–Crippen LogP) is 4.42. The zero-order valence-corrected chi connectivity index (χ0v) is 27.5. The van der Waals surface area contributed by atoms with Crippen LogP contribution in [-0.4, -0.2) is 87.0 Å². The summed E-state index contributed by atoms with van der Waals surface area (Å²) in [7, 11) is 0. The number of piperazine rings is 1. The Morgan fingerprint density at radius 1 is 0.933 bits per heavy atom. The Morgan fingerprint density at radius 3 is 2.20 bits per heavy atom. The molecule has 1 aromatic carbocycles. The van der Waals surface area contributed by atoms with Crippen LogP contribution in [0.3, 0.4) is 0 Å². The third-order valence-corrected chi connectivity index (χ3v) is 10.7. The molecule has 3 amide bonds. The Morgan fingerprint density at radius 2 is 1.58 bits per heavy atom. The van der Waals surface area contributed by atoms with Crippen LogP contribution < -0.4 is 5.56 Å². The van der Waals surface area contributed by atoms with Gasteiger partial charge >= 0.3 is 0 Å². The van der Waals surface area contributed by atoms with Gasteiger partial charge in [-0.1, -0.05) is 83.2 Å². The van der Waals surface area contributed by atoms with Gasteiger partial charge in [0.1, 0.15) is 0 Å². The summed E-state index contributed by atoms with van der Waals surface area (Å²) in [5.41, 5.74) is -0.536. The topological polar surface area (TPSA) is 103 Å². The molecule has 3 aliphatic rings. The number of aromatic nitrogens is 1. The van der Waals surface area contributed by atoms with Gasteiger partial charge in [0.2, 0.25) is 11.8 Å². The van der Waals surface area contributed by atoms with E-state index in [1.165, 1.54) is 49.7 Å². The largest absolute Gasteiger partial charge is 0.387 e. The lowest BCUT2D eigenvalue weighted by Crippen LogP contribution is -2.61. The number of likely N-dealkylation sites (tertiary alicyclic amines) is 1. The lowest BCUT2D eigenvalue weighted by atomic mass is 9.69. The van der Waals surface area contributed by atoms with E-state index >= 15 is 0 Å². The monoisotopic (exact) mass is 618 g/mol. The van der Waals surface area contributed by atoms with Crippen LogP contribution in [0.25, 0.3) is 11.1 Å². The quantitative estimate of drug-likeness (QED) is 0.495.